The molecular formula is C25H29N5O2S. The van der Waals surface area contributed by atoms with Crippen molar-refractivity contribution in [3.8, 4) is 16.5 Å². The maximum Gasteiger partial charge on any atom is 0.252 e. The SMILES string of the molecule is CCCc1cc(=O)[nH]c(-n2nc(-c3cccs3)cc2NC(=O)C23CC4CC(CC(C4)C2)C3)n1. The van der Waals surface area contributed by atoms with Crippen molar-refractivity contribution in [3.05, 3.63) is 45.7 Å². The van der Waals surface area contributed by atoms with Crippen molar-refractivity contribution < 1.29 is 4.79 Å². The van der Waals surface area contributed by atoms with Gasteiger partial charge in [-0.05, 0) is 74.1 Å². The van der Waals surface area contributed by atoms with Crippen molar-refractivity contribution in [2.75, 3.05) is 5.32 Å². The number of hydrogen-bond acceptors (Lipinski definition) is 5. The first kappa shape index (κ1) is 20.8. The highest BCUT2D eigenvalue weighted by molar-refractivity contribution is 7.13. The Morgan fingerprint density at radius 3 is 2.58 bits per heavy atom. The van der Waals surface area contributed by atoms with E-state index in [1.807, 2.05) is 23.6 Å². The molecule has 2 N–H and O–H groups in total. The number of H-pyrrole nitrogens is 1. The van der Waals surface area contributed by atoms with Gasteiger partial charge in [-0.3, -0.25) is 14.6 Å². The van der Waals surface area contributed by atoms with Gasteiger partial charge < -0.3 is 5.32 Å². The normalized spacial score (nSPS) is 27.7. The fourth-order valence-corrected chi connectivity index (χ4v) is 7.47. The van der Waals surface area contributed by atoms with E-state index in [4.69, 9.17) is 5.10 Å². The van der Waals surface area contributed by atoms with E-state index in [1.54, 1.807) is 16.0 Å². The van der Waals surface area contributed by atoms with Crippen molar-refractivity contribution in [2.24, 2.45) is 23.2 Å². The predicted molar refractivity (Wildman–Crippen MR) is 129 cm³/mol. The van der Waals surface area contributed by atoms with Crippen LogP contribution in [-0.4, -0.2) is 25.7 Å². The van der Waals surface area contributed by atoms with Crippen LogP contribution < -0.4 is 10.9 Å². The fourth-order valence-electron chi connectivity index (χ4n) is 6.79. The minimum Gasteiger partial charge on any atom is -0.310 e. The first-order valence-corrected chi connectivity index (χ1v) is 13.0. The number of aromatic nitrogens is 4. The Bertz CT molecular complexity index is 1210. The molecule has 0 aliphatic heterocycles. The molecular weight excluding hydrogens is 434 g/mol. The van der Waals surface area contributed by atoms with Gasteiger partial charge in [0.1, 0.15) is 11.5 Å². The monoisotopic (exact) mass is 463 g/mol. The molecule has 3 aromatic heterocycles. The minimum atomic E-state index is -0.266. The van der Waals surface area contributed by atoms with Crippen molar-refractivity contribution >= 4 is 23.1 Å². The number of carbonyl (C=O) groups is 1. The molecule has 4 saturated carbocycles. The molecule has 7 nitrogen and oxygen atoms in total. The summed E-state index contributed by atoms with van der Waals surface area (Å²) in [6.07, 6.45) is 8.48. The highest BCUT2D eigenvalue weighted by Crippen LogP contribution is 2.60. The second-order valence-corrected chi connectivity index (χ2v) is 11.2. The maximum absolute atomic E-state index is 13.7. The largest absolute Gasteiger partial charge is 0.310 e. The first-order valence-electron chi connectivity index (χ1n) is 12.1. The molecule has 0 aromatic carbocycles. The lowest BCUT2D eigenvalue weighted by Crippen LogP contribution is -2.51. The molecule has 4 aliphatic rings. The van der Waals surface area contributed by atoms with Gasteiger partial charge in [0.2, 0.25) is 11.9 Å². The van der Waals surface area contributed by atoms with Gasteiger partial charge in [-0.15, -0.1) is 11.3 Å². The second-order valence-electron chi connectivity index (χ2n) is 10.3. The molecule has 172 valence electrons. The second kappa shape index (κ2) is 7.94. The highest BCUT2D eigenvalue weighted by Gasteiger charge is 2.54. The maximum atomic E-state index is 13.7. The van der Waals surface area contributed by atoms with Gasteiger partial charge in [-0.1, -0.05) is 19.4 Å². The molecule has 0 spiro atoms. The predicted octanol–water partition coefficient (Wildman–Crippen LogP) is 4.79. The number of carbonyl (C=O) groups excluding carboxylic acids is 1. The van der Waals surface area contributed by atoms with Crippen molar-refractivity contribution in [3.63, 3.8) is 0 Å². The molecule has 0 unspecified atom stereocenters. The summed E-state index contributed by atoms with van der Waals surface area (Å²) < 4.78 is 1.59. The van der Waals surface area contributed by atoms with Crippen LogP contribution in [0, 0.1) is 23.2 Å². The van der Waals surface area contributed by atoms with Crippen LogP contribution in [0.1, 0.15) is 57.6 Å². The Morgan fingerprint density at radius 1 is 1.21 bits per heavy atom. The molecule has 4 aliphatic carbocycles. The lowest BCUT2D eigenvalue weighted by atomic mass is 9.49. The Morgan fingerprint density at radius 2 is 1.94 bits per heavy atom. The third-order valence-electron chi connectivity index (χ3n) is 7.73. The zero-order chi connectivity index (χ0) is 22.6. The molecule has 7 rings (SSSR count). The number of nitrogens with zero attached hydrogens (tertiary/aromatic N) is 3. The number of hydrogen-bond donors (Lipinski definition) is 2. The van der Waals surface area contributed by atoms with Crippen molar-refractivity contribution in [1.82, 2.24) is 19.7 Å². The Hall–Kier alpha value is -2.74. The van der Waals surface area contributed by atoms with Crippen molar-refractivity contribution in [1.29, 1.82) is 0 Å². The summed E-state index contributed by atoms with van der Waals surface area (Å²) >= 11 is 1.59. The molecule has 0 saturated heterocycles. The lowest BCUT2D eigenvalue weighted by molar-refractivity contribution is -0.140. The van der Waals surface area contributed by atoms with Gasteiger partial charge in [0.25, 0.3) is 5.56 Å². The number of aryl methyl sites for hydroxylation is 1. The molecule has 3 aromatic rings. The van der Waals surface area contributed by atoms with E-state index in [2.05, 4.69) is 22.2 Å². The van der Waals surface area contributed by atoms with E-state index in [9.17, 15) is 9.59 Å². The number of aromatic amines is 1. The molecule has 33 heavy (non-hydrogen) atoms. The average molecular weight is 464 g/mol. The summed E-state index contributed by atoms with van der Waals surface area (Å²) in [5, 5.41) is 9.97. The van der Waals surface area contributed by atoms with E-state index in [1.165, 1.54) is 25.3 Å². The number of thiophene rings is 1. The van der Waals surface area contributed by atoms with Crippen LogP contribution in [-0.2, 0) is 11.2 Å². The number of rotatable bonds is 6. The van der Waals surface area contributed by atoms with Gasteiger partial charge in [0.05, 0.1) is 10.3 Å². The Kier molecular flexibility index (Phi) is 5.01. The van der Waals surface area contributed by atoms with Crippen LogP contribution in [0.2, 0.25) is 0 Å². The molecule has 8 heteroatoms. The van der Waals surface area contributed by atoms with E-state index < -0.39 is 0 Å². The molecule has 4 fully saturated rings. The third kappa shape index (κ3) is 3.74. The molecule has 1 amide bonds. The first-order chi connectivity index (χ1) is 16.0. The fraction of sp³-hybridized carbons (Fsp3) is 0.520. The summed E-state index contributed by atoms with van der Waals surface area (Å²) in [6.45, 7) is 2.06. The quantitative estimate of drug-likeness (QED) is 0.550. The molecule has 4 bridgehead atoms. The van der Waals surface area contributed by atoms with Crippen LogP contribution in [0.25, 0.3) is 16.5 Å². The number of nitrogens with one attached hydrogen (secondary N) is 2. The highest BCUT2D eigenvalue weighted by atomic mass is 32.1. The van der Waals surface area contributed by atoms with Crippen LogP contribution in [0.5, 0.6) is 0 Å². The van der Waals surface area contributed by atoms with Crippen LogP contribution in [0.4, 0.5) is 5.82 Å². The summed E-state index contributed by atoms with van der Waals surface area (Å²) in [5.74, 6) is 3.09. The van der Waals surface area contributed by atoms with Crippen molar-refractivity contribution in [2.45, 2.75) is 58.3 Å². The average Bonchev–Trinajstić information content (AvgIpc) is 3.42. The molecule has 3 heterocycles. The summed E-state index contributed by atoms with van der Waals surface area (Å²) in [7, 11) is 0. The third-order valence-corrected chi connectivity index (χ3v) is 8.63. The Balaban J connectivity index is 1.38. The minimum absolute atomic E-state index is 0.104. The van der Waals surface area contributed by atoms with E-state index >= 15 is 0 Å². The smallest absolute Gasteiger partial charge is 0.252 e. The van der Waals surface area contributed by atoms with Gasteiger partial charge in [-0.2, -0.15) is 9.78 Å². The number of anilines is 1. The van der Waals surface area contributed by atoms with Crippen LogP contribution in [0.3, 0.4) is 0 Å². The van der Waals surface area contributed by atoms with Gasteiger partial charge in [0.15, 0.2) is 0 Å². The van der Waals surface area contributed by atoms with Crippen LogP contribution >= 0.6 is 11.3 Å². The molecule has 0 atom stereocenters. The number of amides is 1. The van der Waals surface area contributed by atoms with E-state index in [-0.39, 0.29) is 16.9 Å². The standard InChI is InChI=1S/C25H29N5O2S/c1-2-4-18-10-22(31)28-24(26-18)30-21(11-19(29-30)20-5-3-6-33-20)27-23(32)25-12-15-7-16(13-25)9-17(8-15)14-25/h3,5-6,10-11,15-17H,2,4,7-9,12-14H2,1H3,(H,27,32)(H,26,28,31). The van der Waals surface area contributed by atoms with Crippen LogP contribution in [0.15, 0.2) is 34.4 Å². The lowest BCUT2D eigenvalue weighted by Gasteiger charge is -2.55. The summed E-state index contributed by atoms with van der Waals surface area (Å²) in [6, 6.07) is 7.42. The Labute approximate surface area is 196 Å². The van der Waals surface area contributed by atoms with Gasteiger partial charge >= 0.3 is 0 Å². The zero-order valence-corrected chi connectivity index (χ0v) is 19.7. The topological polar surface area (TPSA) is 92.7 Å². The van der Waals surface area contributed by atoms with Gasteiger partial charge in [-0.25, -0.2) is 4.98 Å². The van der Waals surface area contributed by atoms with E-state index in [0.717, 1.165) is 41.9 Å². The van der Waals surface area contributed by atoms with Gasteiger partial charge in [0, 0.05) is 17.8 Å². The zero-order valence-electron chi connectivity index (χ0n) is 18.8. The molecule has 0 radical (unpaired) electrons. The summed E-state index contributed by atoms with van der Waals surface area (Å²) in [5.41, 5.74) is 1.00. The summed E-state index contributed by atoms with van der Waals surface area (Å²) in [4.78, 5) is 34.5. The van der Waals surface area contributed by atoms with E-state index in [0.29, 0.717) is 35.9 Å².